The van der Waals surface area contributed by atoms with Gasteiger partial charge in [0.25, 0.3) is 15.9 Å². The zero-order chi connectivity index (χ0) is 20.4. The molecule has 3 N–H and O–H groups in total. The molecule has 0 spiro atoms. The highest BCUT2D eigenvalue weighted by Gasteiger charge is 2.34. The Labute approximate surface area is 162 Å². The molecule has 0 atom stereocenters. The molecule has 6 nitrogen and oxygen atoms in total. The van der Waals surface area contributed by atoms with Gasteiger partial charge in [-0.2, -0.15) is 13.2 Å². The molecule has 0 bridgehead atoms. The van der Waals surface area contributed by atoms with Gasteiger partial charge in [0.1, 0.15) is 11.4 Å². The average Bonchev–Trinajstić information content (AvgIpc) is 2.60. The quantitative estimate of drug-likeness (QED) is 0.423. The molecule has 146 valence electrons. The van der Waals surface area contributed by atoms with Gasteiger partial charge in [-0.1, -0.05) is 29.3 Å². The van der Waals surface area contributed by atoms with Crippen LogP contribution in [0.1, 0.15) is 5.56 Å². The van der Waals surface area contributed by atoms with Crippen LogP contribution in [0.3, 0.4) is 0 Å². The van der Waals surface area contributed by atoms with Gasteiger partial charge in [0.2, 0.25) is 0 Å². The summed E-state index contributed by atoms with van der Waals surface area (Å²) in [6.07, 6.45) is -4.71. The van der Waals surface area contributed by atoms with Crippen molar-refractivity contribution in [3.8, 4) is 0 Å². The van der Waals surface area contributed by atoms with E-state index < -0.39 is 44.8 Å². The third kappa shape index (κ3) is 4.83. The zero-order valence-electron chi connectivity index (χ0n) is 13.3. The van der Waals surface area contributed by atoms with E-state index >= 15 is 0 Å². The molecule has 0 unspecified atom stereocenters. The summed E-state index contributed by atoms with van der Waals surface area (Å²) in [7, 11) is -4.54. The van der Waals surface area contributed by atoms with Crippen LogP contribution in [-0.2, 0) is 21.0 Å². The minimum atomic E-state index is -4.71. The van der Waals surface area contributed by atoms with Gasteiger partial charge in [0, 0.05) is 5.02 Å². The number of nitrogens with one attached hydrogen (secondary N) is 1. The molecule has 0 heterocycles. The Morgan fingerprint density at radius 1 is 1.15 bits per heavy atom. The van der Waals surface area contributed by atoms with Crippen LogP contribution < -0.4 is 15.6 Å². The molecular weight excluding hydrogens is 430 g/mol. The standard InChI is InChI=1S/C15H12Cl2F3N3O3S/c16-10-4-5-12(17)13(7-10)27(25,26)23(8-14(24)22-21)11-3-1-2-9(6-11)15(18,19)20/h1-7H,8,21H2,(H,22,24). The van der Waals surface area contributed by atoms with Crippen LogP contribution >= 0.6 is 23.2 Å². The summed E-state index contributed by atoms with van der Waals surface area (Å²) in [5, 5.41) is -0.185. The molecule has 1 amide bonds. The summed E-state index contributed by atoms with van der Waals surface area (Å²) in [6, 6.07) is 7.06. The maximum Gasteiger partial charge on any atom is 0.416 e. The van der Waals surface area contributed by atoms with Crippen LogP contribution in [0, 0.1) is 0 Å². The number of benzene rings is 2. The second-order valence-electron chi connectivity index (χ2n) is 5.20. The van der Waals surface area contributed by atoms with Gasteiger partial charge in [0.15, 0.2) is 0 Å². The highest BCUT2D eigenvalue weighted by molar-refractivity contribution is 7.93. The van der Waals surface area contributed by atoms with Crippen LogP contribution in [0.5, 0.6) is 0 Å². The Hall–Kier alpha value is -2.01. The lowest BCUT2D eigenvalue weighted by atomic mass is 10.2. The Bertz CT molecular complexity index is 968. The van der Waals surface area contributed by atoms with E-state index in [1.165, 1.54) is 12.1 Å². The van der Waals surface area contributed by atoms with Crippen molar-refractivity contribution in [1.82, 2.24) is 5.43 Å². The van der Waals surface area contributed by atoms with Gasteiger partial charge in [-0.15, -0.1) is 0 Å². The Morgan fingerprint density at radius 3 is 2.41 bits per heavy atom. The van der Waals surface area contributed by atoms with E-state index in [2.05, 4.69) is 0 Å². The van der Waals surface area contributed by atoms with Gasteiger partial charge in [-0.05, 0) is 36.4 Å². The van der Waals surface area contributed by atoms with E-state index in [0.29, 0.717) is 10.4 Å². The lowest BCUT2D eigenvalue weighted by molar-refractivity contribution is -0.137. The first-order valence-corrected chi connectivity index (χ1v) is 9.31. The summed E-state index contributed by atoms with van der Waals surface area (Å²) < 4.78 is 65.4. The lowest BCUT2D eigenvalue weighted by Crippen LogP contribution is -2.43. The number of nitrogens with zero attached hydrogens (tertiary/aromatic N) is 1. The second kappa shape index (κ2) is 7.93. The molecule has 2 rings (SSSR count). The highest BCUT2D eigenvalue weighted by Crippen LogP contribution is 2.34. The molecule has 2 aromatic rings. The summed E-state index contributed by atoms with van der Waals surface area (Å²) in [5.74, 6) is 4.04. The molecule has 0 aromatic heterocycles. The minimum Gasteiger partial charge on any atom is -0.293 e. The predicted octanol–water partition coefficient (Wildman–Crippen LogP) is 3.20. The molecule has 2 aromatic carbocycles. The summed E-state index contributed by atoms with van der Waals surface area (Å²) in [6.45, 7) is -0.872. The van der Waals surface area contributed by atoms with Crippen LogP contribution in [0.2, 0.25) is 10.0 Å². The molecule has 0 aliphatic heterocycles. The van der Waals surface area contributed by atoms with Gasteiger partial charge in [-0.25, -0.2) is 14.3 Å². The number of carbonyl (C=O) groups is 1. The van der Waals surface area contributed by atoms with Gasteiger partial charge in [-0.3, -0.25) is 14.5 Å². The Morgan fingerprint density at radius 2 is 1.81 bits per heavy atom. The van der Waals surface area contributed by atoms with E-state index in [1.807, 2.05) is 0 Å². The van der Waals surface area contributed by atoms with Crippen molar-refractivity contribution in [3.63, 3.8) is 0 Å². The van der Waals surface area contributed by atoms with Crippen molar-refractivity contribution in [2.75, 3.05) is 10.8 Å². The van der Waals surface area contributed by atoms with Crippen molar-refractivity contribution >= 4 is 44.8 Å². The molecule has 0 aliphatic carbocycles. The topological polar surface area (TPSA) is 92.5 Å². The van der Waals surface area contributed by atoms with Gasteiger partial charge >= 0.3 is 6.18 Å². The number of sulfonamides is 1. The first-order valence-electron chi connectivity index (χ1n) is 7.11. The second-order valence-corrected chi connectivity index (χ2v) is 7.88. The molecule has 0 saturated carbocycles. The first kappa shape index (κ1) is 21.3. The molecule has 0 aliphatic rings. The monoisotopic (exact) mass is 441 g/mol. The normalized spacial score (nSPS) is 11.9. The van der Waals surface area contributed by atoms with Crippen molar-refractivity contribution in [3.05, 3.63) is 58.1 Å². The number of hydrogen-bond acceptors (Lipinski definition) is 4. The van der Waals surface area contributed by atoms with Crippen molar-refractivity contribution in [2.45, 2.75) is 11.1 Å². The predicted molar refractivity (Wildman–Crippen MR) is 94.8 cm³/mol. The number of hydrogen-bond donors (Lipinski definition) is 2. The van der Waals surface area contributed by atoms with E-state index in [4.69, 9.17) is 29.0 Å². The fraction of sp³-hybridized carbons (Fsp3) is 0.133. The van der Waals surface area contributed by atoms with Crippen LogP contribution in [0.4, 0.5) is 18.9 Å². The number of rotatable bonds is 5. The third-order valence-electron chi connectivity index (χ3n) is 3.37. The fourth-order valence-electron chi connectivity index (χ4n) is 2.12. The summed E-state index contributed by atoms with van der Waals surface area (Å²) in [5.41, 5.74) is 0.243. The lowest BCUT2D eigenvalue weighted by Gasteiger charge is -2.25. The summed E-state index contributed by atoms with van der Waals surface area (Å²) >= 11 is 11.7. The molecule has 0 radical (unpaired) electrons. The molecule has 27 heavy (non-hydrogen) atoms. The fourth-order valence-corrected chi connectivity index (χ4v) is 4.28. The van der Waals surface area contributed by atoms with Gasteiger partial charge in [0.05, 0.1) is 16.3 Å². The van der Waals surface area contributed by atoms with Crippen molar-refractivity contribution < 1.29 is 26.4 Å². The van der Waals surface area contributed by atoms with Crippen LogP contribution in [0.15, 0.2) is 47.4 Å². The van der Waals surface area contributed by atoms with Crippen LogP contribution in [0.25, 0.3) is 0 Å². The largest absolute Gasteiger partial charge is 0.416 e. The van der Waals surface area contributed by atoms with Crippen molar-refractivity contribution in [1.29, 1.82) is 0 Å². The van der Waals surface area contributed by atoms with Crippen LogP contribution in [-0.4, -0.2) is 20.9 Å². The Kier molecular flexibility index (Phi) is 6.25. The number of hydrazine groups is 1. The Balaban J connectivity index is 2.65. The van der Waals surface area contributed by atoms with E-state index in [1.54, 1.807) is 5.43 Å². The molecule has 12 heteroatoms. The third-order valence-corrected chi connectivity index (χ3v) is 5.86. The number of amides is 1. The highest BCUT2D eigenvalue weighted by atomic mass is 35.5. The maximum atomic E-state index is 13.0. The maximum absolute atomic E-state index is 13.0. The number of halogens is 5. The molecule has 0 saturated heterocycles. The average molecular weight is 442 g/mol. The van der Waals surface area contributed by atoms with Gasteiger partial charge < -0.3 is 0 Å². The molecular formula is C15H12Cl2F3N3O3S. The number of anilines is 1. The van der Waals surface area contributed by atoms with E-state index in [-0.39, 0.29) is 10.0 Å². The molecule has 0 fully saturated rings. The minimum absolute atomic E-state index is 0.0326. The first-order chi connectivity index (χ1) is 12.5. The zero-order valence-corrected chi connectivity index (χ0v) is 15.6. The van der Waals surface area contributed by atoms with E-state index in [0.717, 1.165) is 24.3 Å². The number of alkyl halides is 3. The summed E-state index contributed by atoms with van der Waals surface area (Å²) in [4.78, 5) is 11.2. The number of nitrogens with two attached hydrogens (primary N) is 1. The smallest absolute Gasteiger partial charge is 0.293 e. The number of carbonyl (C=O) groups excluding carboxylic acids is 1. The SMILES string of the molecule is NNC(=O)CN(c1cccc(C(F)(F)F)c1)S(=O)(=O)c1cc(Cl)ccc1Cl. The van der Waals surface area contributed by atoms with Crippen molar-refractivity contribution in [2.24, 2.45) is 5.84 Å². The van der Waals surface area contributed by atoms with E-state index in [9.17, 15) is 26.4 Å².